The molecule has 2 aromatic carbocycles. The number of aliphatic hydroxyl groups is 1. The van der Waals surface area contributed by atoms with Gasteiger partial charge in [-0.25, -0.2) is 23.4 Å². The minimum atomic E-state index is -1.25. The molecule has 29 heavy (non-hydrogen) atoms. The molecule has 9 heteroatoms. The summed E-state index contributed by atoms with van der Waals surface area (Å²) in [6.45, 7) is 1.66. The highest BCUT2D eigenvalue weighted by molar-refractivity contribution is 5.77. The number of para-hydroxylation sites is 1. The standard InChI is InChI=1S/C20H17F2N5O2/c1-11(19-25-16-5-3-2-4-14(16)20(29)26-19)18(28)17(27-10-23-9-24-27)13-7-6-12(21)8-15(13)22/h2-11,17-18,28H,1H3,(H,25,26,29). The monoisotopic (exact) mass is 397 g/mol. The number of H-pyrrole nitrogens is 1. The van der Waals surface area contributed by atoms with Crippen LogP contribution >= 0.6 is 0 Å². The van der Waals surface area contributed by atoms with Crippen molar-refractivity contribution < 1.29 is 13.9 Å². The second-order valence-electron chi connectivity index (χ2n) is 6.73. The quantitative estimate of drug-likeness (QED) is 0.540. The smallest absolute Gasteiger partial charge is 0.258 e. The van der Waals surface area contributed by atoms with Crippen molar-refractivity contribution in [2.75, 3.05) is 0 Å². The minimum absolute atomic E-state index is 0.0411. The molecule has 0 fully saturated rings. The van der Waals surface area contributed by atoms with E-state index in [0.717, 1.165) is 12.1 Å². The summed E-state index contributed by atoms with van der Waals surface area (Å²) in [5.41, 5.74) is 0.185. The Kier molecular flexibility index (Phi) is 4.89. The first kappa shape index (κ1) is 18.9. The summed E-state index contributed by atoms with van der Waals surface area (Å²) in [4.78, 5) is 23.4. The number of nitrogens with zero attached hydrogens (tertiary/aromatic N) is 4. The molecule has 148 valence electrons. The minimum Gasteiger partial charge on any atom is -0.390 e. The number of nitrogens with one attached hydrogen (secondary N) is 1. The lowest BCUT2D eigenvalue weighted by Gasteiger charge is -2.28. The Morgan fingerprint density at radius 3 is 2.69 bits per heavy atom. The van der Waals surface area contributed by atoms with Crippen LogP contribution in [0.1, 0.15) is 30.3 Å². The van der Waals surface area contributed by atoms with E-state index in [0.29, 0.717) is 10.9 Å². The number of benzene rings is 2. The molecular weight excluding hydrogens is 380 g/mol. The summed E-state index contributed by atoms with van der Waals surface area (Å²) in [6.07, 6.45) is 1.34. The molecule has 7 nitrogen and oxygen atoms in total. The molecule has 4 rings (SSSR count). The first-order valence-corrected chi connectivity index (χ1v) is 8.92. The van der Waals surface area contributed by atoms with Gasteiger partial charge in [-0.3, -0.25) is 4.79 Å². The van der Waals surface area contributed by atoms with Gasteiger partial charge in [0.1, 0.15) is 36.2 Å². The maximum atomic E-state index is 14.5. The van der Waals surface area contributed by atoms with Crippen LogP contribution in [0.2, 0.25) is 0 Å². The average molecular weight is 397 g/mol. The van der Waals surface area contributed by atoms with Crippen molar-refractivity contribution in [2.24, 2.45) is 0 Å². The zero-order chi connectivity index (χ0) is 20.5. The molecule has 2 aromatic heterocycles. The Bertz CT molecular complexity index is 1210. The fourth-order valence-corrected chi connectivity index (χ4v) is 3.34. The normalized spacial score (nSPS) is 14.6. The fourth-order valence-electron chi connectivity index (χ4n) is 3.34. The first-order chi connectivity index (χ1) is 14.0. The van der Waals surface area contributed by atoms with Crippen molar-refractivity contribution in [3.05, 3.63) is 88.5 Å². The molecule has 3 atom stereocenters. The highest BCUT2D eigenvalue weighted by Crippen LogP contribution is 2.31. The second-order valence-corrected chi connectivity index (χ2v) is 6.73. The van der Waals surface area contributed by atoms with Crippen molar-refractivity contribution in [3.63, 3.8) is 0 Å². The lowest BCUT2D eigenvalue weighted by Crippen LogP contribution is -2.32. The number of aliphatic hydroxyl groups excluding tert-OH is 1. The molecule has 4 aromatic rings. The molecule has 0 aliphatic carbocycles. The molecule has 3 unspecified atom stereocenters. The maximum Gasteiger partial charge on any atom is 0.258 e. The molecule has 2 N–H and O–H groups in total. The van der Waals surface area contributed by atoms with Gasteiger partial charge >= 0.3 is 0 Å². The number of rotatable bonds is 5. The third-order valence-corrected chi connectivity index (χ3v) is 4.90. The second kappa shape index (κ2) is 7.51. The molecule has 0 aliphatic heterocycles. The van der Waals surface area contributed by atoms with Crippen LogP contribution in [0.3, 0.4) is 0 Å². The summed E-state index contributed by atoms with van der Waals surface area (Å²) in [5, 5.41) is 15.5. The van der Waals surface area contributed by atoms with Gasteiger partial charge in [0.15, 0.2) is 0 Å². The van der Waals surface area contributed by atoms with E-state index in [1.165, 1.54) is 23.4 Å². The van der Waals surface area contributed by atoms with Crippen LogP contribution in [0.15, 0.2) is 59.9 Å². The van der Waals surface area contributed by atoms with Crippen LogP contribution in [0.25, 0.3) is 10.9 Å². The predicted octanol–water partition coefficient (Wildman–Crippen LogP) is 2.55. The van der Waals surface area contributed by atoms with Crippen molar-refractivity contribution >= 4 is 10.9 Å². The van der Waals surface area contributed by atoms with Crippen LogP contribution in [0.5, 0.6) is 0 Å². The molecule has 0 radical (unpaired) electrons. The van der Waals surface area contributed by atoms with Crippen molar-refractivity contribution in [2.45, 2.75) is 25.0 Å². The zero-order valence-corrected chi connectivity index (χ0v) is 15.3. The van der Waals surface area contributed by atoms with Crippen LogP contribution in [0.4, 0.5) is 8.78 Å². The summed E-state index contributed by atoms with van der Waals surface area (Å²) in [5.74, 6) is -2.01. The predicted molar refractivity (Wildman–Crippen MR) is 101 cm³/mol. The van der Waals surface area contributed by atoms with Gasteiger partial charge in [-0.2, -0.15) is 5.10 Å². The van der Waals surface area contributed by atoms with Gasteiger partial charge in [0.25, 0.3) is 5.56 Å². The Hall–Kier alpha value is -3.46. The number of hydrogen-bond donors (Lipinski definition) is 2. The number of halogens is 2. The summed E-state index contributed by atoms with van der Waals surface area (Å²) in [7, 11) is 0. The van der Waals surface area contributed by atoms with Crippen LogP contribution in [-0.2, 0) is 0 Å². The number of hydrogen-bond acceptors (Lipinski definition) is 5. The lowest BCUT2D eigenvalue weighted by atomic mass is 9.91. The summed E-state index contributed by atoms with van der Waals surface area (Å²) >= 11 is 0. The van der Waals surface area contributed by atoms with Gasteiger partial charge in [0.05, 0.1) is 17.0 Å². The van der Waals surface area contributed by atoms with Crippen molar-refractivity contribution in [1.82, 2.24) is 24.7 Å². The summed E-state index contributed by atoms with van der Waals surface area (Å²) < 4.78 is 29.2. The molecule has 0 saturated carbocycles. The van der Waals surface area contributed by atoms with Gasteiger partial charge in [-0.05, 0) is 18.2 Å². The van der Waals surface area contributed by atoms with Gasteiger partial charge in [-0.15, -0.1) is 0 Å². The van der Waals surface area contributed by atoms with E-state index in [2.05, 4.69) is 20.1 Å². The molecule has 0 aliphatic rings. The molecule has 0 spiro atoms. The lowest BCUT2D eigenvalue weighted by molar-refractivity contribution is 0.0970. The molecule has 2 heterocycles. The number of aromatic amines is 1. The zero-order valence-electron chi connectivity index (χ0n) is 15.3. The first-order valence-electron chi connectivity index (χ1n) is 8.92. The van der Waals surface area contributed by atoms with E-state index in [1.807, 2.05) is 0 Å². The SMILES string of the molecule is CC(c1nc2ccccc2c(=O)[nH]1)C(O)C(c1ccc(F)cc1F)n1cncn1. The van der Waals surface area contributed by atoms with E-state index >= 15 is 0 Å². The number of fused-ring (bicyclic) bond motifs is 1. The van der Waals surface area contributed by atoms with E-state index < -0.39 is 29.7 Å². The van der Waals surface area contributed by atoms with Crippen LogP contribution < -0.4 is 5.56 Å². The van der Waals surface area contributed by atoms with Gasteiger partial charge in [-0.1, -0.05) is 25.1 Å². The third kappa shape index (κ3) is 3.52. The van der Waals surface area contributed by atoms with E-state index in [9.17, 15) is 18.7 Å². The van der Waals surface area contributed by atoms with Gasteiger partial charge in [0.2, 0.25) is 0 Å². The molecular formula is C20H17F2N5O2. The Morgan fingerprint density at radius 1 is 1.17 bits per heavy atom. The largest absolute Gasteiger partial charge is 0.390 e. The van der Waals surface area contributed by atoms with Gasteiger partial charge in [0, 0.05) is 17.5 Å². The maximum absolute atomic E-state index is 14.5. The van der Waals surface area contributed by atoms with E-state index in [4.69, 9.17) is 0 Å². The third-order valence-electron chi connectivity index (χ3n) is 4.90. The van der Waals surface area contributed by atoms with Gasteiger partial charge < -0.3 is 10.1 Å². The molecule has 0 saturated heterocycles. The Labute approximate surface area is 163 Å². The van der Waals surface area contributed by atoms with Crippen LogP contribution in [-0.4, -0.2) is 35.9 Å². The van der Waals surface area contributed by atoms with E-state index in [-0.39, 0.29) is 16.9 Å². The Balaban J connectivity index is 1.78. The molecule has 0 amide bonds. The fraction of sp³-hybridized carbons (Fsp3) is 0.200. The molecule has 0 bridgehead atoms. The topological polar surface area (TPSA) is 96.7 Å². The van der Waals surface area contributed by atoms with Crippen LogP contribution in [0, 0.1) is 11.6 Å². The van der Waals surface area contributed by atoms with E-state index in [1.54, 1.807) is 31.2 Å². The highest BCUT2D eigenvalue weighted by Gasteiger charge is 2.33. The van der Waals surface area contributed by atoms with Crippen molar-refractivity contribution in [1.29, 1.82) is 0 Å². The van der Waals surface area contributed by atoms with Crippen molar-refractivity contribution in [3.8, 4) is 0 Å². The summed E-state index contributed by atoms with van der Waals surface area (Å²) in [6, 6.07) is 8.93. The average Bonchev–Trinajstić information content (AvgIpc) is 3.23. The number of aromatic nitrogens is 5. The highest BCUT2D eigenvalue weighted by atomic mass is 19.1. The Morgan fingerprint density at radius 2 is 1.97 bits per heavy atom.